The van der Waals surface area contributed by atoms with E-state index in [-0.39, 0.29) is 0 Å². The van der Waals surface area contributed by atoms with Gasteiger partial charge in [0, 0.05) is 12.6 Å². The summed E-state index contributed by atoms with van der Waals surface area (Å²) in [6.07, 6.45) is 5.81. The molecular formula is C13H22N2O. The summed E-state index contributed by atoms with van der Waals surface area (Å²) in [7, 11) is 2.23. The van der Waals surface area contributed by atoms with Crippen molar-refractivity contribution in [1.29, 1.82) is 0 Å². The van der Waals surface area contributed by atoms with E-state index in [9.17, 15) is 0 Å². The lowest BCUT2D eigenvalue weighted by Gasteiger charge is -2.32. The Morgan fingerprint density at radius 1 is 1.50 bits per heavy atom. The number of nitrogens with zero attached hydrogens (tertiary/aromatic N) is 1. The predicted molar refractivity (Wildman–Crippen MR) is 65.4 cm³/mol. The topological polar surface area (TPSA) is 28.4 Å². The molecule has 3 nitrogen and oxygen atoms in total. The third-order valence-corrected chi connectivity index (χ3v) is 3.56. The molecule has 1 N–H and O–H groups in total. The molecule has 0 bridgehead atoms. The number of hydrogen-bond acceptors (Lipinski definition) is 3. The minimum Gasteiger partial charge on any atom is -0.468 e. The normalized spacial score (nSPS) is 22.5. The summed E-state index contributed by atoms with van der Waals surface area (Å²) < 4.78 is 5.40. The number of rotatable bonds is 4. The van der Waals surface area contributed by atoms with E-state index in [1.165, 1.54) is 31.4 Å². The molecule has 0 aliphatic carbocycles. The second-order valence-electron chi connectivity index (χ2n) is 4.79. The Kier molecular flexibility index (Phi) is 4.02. The molecule has 0 spiro atoms. The van der Waals surface area contributed by atoms with E-state index in [2.05, 4.69) is 24.2 Å². The van der Waals surface area contributed by atoms with Gasteiger partial charge in [-0.2, -0.15) is 0 Å². The van der Waals surface area contributed by atoms with Crippen LogP contribution in [-0.2, 0) is 6.54 Å². The van der Waals surface area contributed by atoms with Crippen LogP contribution in [0.5, 0.6) is 0 Å². The number of aryl methyl sites for hydroxylation is 1. The van der Waals surface area contributed by atoms with E-state index in [1.54, 1.807) is 6.26 Å². The lowest BCUT2D eigenvalue weighted by Crippen LogP contribution is -2.42. The van der Waals surface area contributed by atoms with Gasteiger partial charge in [0.1, 0.15) is 5.76 Å². The maximum atomic E-state index is 5.40. The molecule has 0 saturated carbocycles. The average Bonchev–Trinajstić information content (AvgIpc) is 2.67. The molecule has 2 heterocycles. The van der Waals surface area contributed by atoms with E-state index >= 15 is 0 Å². The van der Waals surface area contributed by atoms with Crippen molar-refractivity contribution < 1.29 is 4.42 Å². The highest BCUT2D eigenvalue weighted by Gasteiger charge is 2.18. The molecule has 16 heavy (non-hydrogen) atoms. The number of piperidine rings is 1. The average molecular weight is 222 g/mol. The van der Waals surface area contributed by atoms with Crippen LogP contribution in [-0.4, -0.2) is 31.1 Å². The third kappa shape index (κ3) is 2.86. The Labute approximate surface area is 97.8 Å². The maximum absolute atomic E-state index is 5.40. The Bertz CT molecular complexity index is 321. The largest absolute Gasteiger partial charge is 0.468 e. The van der Waals surface area contributed by atoms with Gasteiger partial charge in [0.15, 0.2) is 0 Å². The Balaban J connectivity index is 1.73. The smallest absolute Gasteiger partial charge is 0.120 e. The lowest BCUT2D eigenvalue weighted by molar-refractivity contribution is 0.180. The van der Waals surface area contributed by atoms with Gasteiger partial charge >= 0.3 is 0 Å². The molecular weight excluding hydrogens is 200 g/mol. The maximum Gasteiger partial charge on any atom is 0.120 e. The fourth-order valence-corrected chi connectivity index (χ4v) is 2.34. The van der Waals surface area contributed by atoms with Gasteiger partial charge in [-0.25, -0.2) is 0 Å². The molecule has 0 aromatic carbocycles. The second kappa shape index (κ2) is 5.51. The SMILES string of the molecule is Cc1ccoc1CNCC1CCCCN1C. The van der Waals surface area contributed by atoms with Crippen molar-refractivity contribution >= 4 is 0 Å². The quantitative estimate of drug-likeness (QED) is 0.846. The van der Waals surface area contributed by atoms with Crippen molar-refractivity contribution in [2.75, 3.05) is 20.1 Å². The van der Waals surface area contributed by atoms with Gasteiger partial charge in [-0.1, -0.05) is 6.42 Å². The molecule has 1 fully saturated rings. The van der Waals surface area contributed by atoms with Crippen LogP contribution in [0, 0.1) is 6.92 Å². The summed E-state index contributed by atoms with van der Waals surface area (Å²) >= 11 is 0. The predicted octanol–water partition coefficient (Wildman–Crippen LogP) is 2.16. The fourth-order valence-electron chi connectivity index (χ4n) is 2.34. The molecule has 1 aliphatic rings. The van der Waals surface area contributed by atoms with Crippen LogP contribution in [0.15, 0.2) is 16.7 Å². The molecule has 3 heteroatoms. The highest BCUT2D eigenvalue weighted by atomic mass is 16.3. The molecule has 0 amide bonds. The van der Waals surface area contributed by atoms with Crippen molar-refractivity contribution in [2.45, 2.75) is 38.8 Å². The molecule has 0 radical (unpaired) electrons. The fraction of sp³-hybridized carbons (Fsp3) is 0.692. The molecule has 2 rings (SSSR count). The van der Waals surface area contributed by atoms with Gasteiger partial charge < -0.3 is 14.6 Å². The van der Waals surface area contributed by atoms with Gasteiger partial charge in [0.05, 0.1) is 12.8 Å². The first-order valence-electron chi connectivity index (χ1n) is 6.21. The zero-order valence-corrected chi connectivity index (χ0v) is 10.3. The van der Waals surface area contributed by atoms with Crippen LogP contribution in [0.3, 0.4) is 0 Å². The van der Waals surface area contributed by atoms with Gasteiger partial charge in [-0.15, -0.1) is 0 Å². The number of hydrogen-bond donors (Lipinski definition) is 1. The van der Waals surface area contributed by atoms with Crippen molar-refractivity contribution in [3.05, 3.63) is 23.7 Å². The van der Waals surface area contributed by atoms with Crippen LogP contribution < -0.4 is 5.32 Å². The standard InChI is InChI=1S/C13H22N2O/c1-11-6-8-16-13(11)10-14-9-12-5-3-4-7-15(12)2/h6,8,12,14H,3-5,7,9-10H2,1-2H3. The summed E-state index contributed by atoms with van der Waals surface area (Å²) in [5.41, 5.74) is 1.24. The highest BCUT2D eigenvalue weighted by Crippen LogP contribution is 2.14. The Hall–Kier alpha value is -0.800. The van der Waals surface area contributed by atoms with E-state index < -0.39 is 0 Å². The number of likely N-dealkylation sites (tertiary alicyclic amines) is 1. The Morgan fingerprint density at radius 3 is 3.06 bits per heavy atom. The number of furan rings is 1. The monoisotopic (exact) mass is 222 g/mol. The molecule has 1 saturated heterocycles. The summed E-state index contributed by atoms with van der Waals surface area (Å²) in [6.45, 7) is 5.25. The van der Waals surface area contributed by atoms with Gasteiger partial charge in [0.25, 0.3) is 0 Å². The summed E-state index contributed by atoms with van der Waals surface area (Å²) in [6, 6.07) is 2.72. The summed E-state index contributed by atoms with van der Waals surface area (Å²) in [5.74, 6) is 1.07. The van der Waals surface area contributed by atoms with Crippen molar-refractivity contribution in [2.24, 2.45) is 0 Å². The van der Waals surface area contributed by atoms with E-state index in [4.69, 9.17) is 4.42 Å². The lowest BCUT2D eigenvalue weighted by atomic mass is 10.0. The van der Waals surface area contributed by atoms with Crippen molar-refractivity contribution in [3.63, 3.8) is 0 Å². The molecule has 1 aliphatic heterocycles. The van der Waals surface area contributed by atoms with Crippen LogP contribution in [0.2, 0.25) is 0 Å². The first-order chi connectivity index (χ1) is 7.77. The van der Waals surface area contributed by atoms with Crippen LogP contribution in [0.1, 0.15) is 30.6 Å². The highest BCUT2D eigenvalue weighted by molar-refractivity contribution is 5.14. The third-order valence-electron chi connectivity index (χ3n) is 3.56. The van der Waals surface area contributed by atoms with Crippen LogP contribution in [0.4, 0.5) is 0 Å². The first kappa shape index (κ1) is 11.7. The number of nitrogens with one attached hydrogen (secondary N) is 1. The van der Waals surface area contributed by atoms with Gasteiger partial charge in [-0.05, 0) is 45.0 Å². The molecule has 1 aromatic heterocycles. The van der Waals surface area contributed by atoms with Gasteiger partial charge in [0.2, 0.25) is 0 Å². The van der Waals surface area contributed by atoms with Crippen LogP contribution >= 0.6 is 0 Å². The molecule has 1 aromatic rings. The zero-order chi connectivity index (χ0) is 11.4. The molecule has 90 valence electrons. The molecule has 1 unspecified atom stereocenters. The first-order valence-corrected chi connectivity index (χ1v) is 6.21. The van der Waals surface area contributed by atoms with E-state index in [1.807, 2.05) is 6.07 Å². The Morgan fingerprint density at radius 2 is 2.38 bits per heavy atom. The summed E-state index contributed by atoms with van der Waals surface area (Å²) in [5, 5.41) is 3.49. The summed E-state index contributed by atoms with van der Waals surface area (Å²) in [4.78, 5) is 2.46. The van der Waals surface area contributed by atoms with Crippen molar-refractivity contribution in [1.82, 2.24) is 10.2 Å². The molecule has 1 atom stereocenters. The zero-order valence-electron chi connectivity index (χ0n) is 10.3. The van der Waals surface area contributed by atoms with E-state index in [0.717, 1.165) is 18.8 Å². The second-order valence-corrected chi connectivity index (χ2v) is 4.79. The minimum atomic E-state index is 0.698. The number of likely N-dealkylation sites (N-methyl/N-ethyl adjacent to an activating group) is 1. The van der Waals surface area contributed by atoms with Crippen LogP contribution in [0.25, 0.3) is 0 Å². The van der Waals surface area contributed by atoms with E-state index in [0.29, 0.717) is 6.04 Å². The minimum absolute atomic E-state index is 0.698. The van der Waals surface area contributed by atoms with Crippen molar-refractivity contribution in [3.8, 4) is 0 Å². The van der Waals surface area contributed by atoms with Gasteiger partial charge in [-0.3, -0.25) is 0 Å².